The number of carboxylic acid groups (broad SMARTS) is 1. The van der Waals surface area contributed by atoms with Crippen molar-refractivity contribution in [2.45, 2.75) is 6.42 Å². The molecule has 2 aromatic rings. The number of rotatable bonds is 3. The van der Waals surface area contributed by atoms with Crippen LogP contribution in [0.2, 0.25) is 0 Å². The van der Waals surface area contributed by atoms with E-state index in [1.54, 1.807) is 23.6 Å². The smallest absolute Gasteiger partial charge is 0.133 e. The van der Waals surface area contributed by atoms with E-state index in [1.807, 2.05) is 0 Å². The molecule has 1 heterocycles. The second-order valence-corrected chi connectivity index (χ2v) is 4.03. The van der Waals surface area contributed by atoms with E-state index in [0.717, 1.165) is 0 Å². The summed E-state index contributed by atoms with van der Waals surface area (Å²) in [6, 6.07) is 6.25. The van der Waals surface area contributed by atoms with Gasteiger partial charge in [-0.25, -0.2) is 9.37 Å². The second-order valence-electron chi connectivity index (χ2n) is 3.17. The normalized spacial score (nSPS) is 10.3. The first-order valence-corrected chi connectivity index (χ1v) is 5.44. The fourth-order valence-electron chi connectivity index (χ4n) is 1.29. The summed E-state index contributed by atoms with van der Waals surface area (Å²) in [5.41, 5.74) is 0.778. The lowest BCUT2D eigenvalue weighted by Crippen LogP contribution is -2.24. The van der Waals surface area contributed by atoms with Crippen LogP contribution in [-0.2, 0) is 11.2 Å². The fourth-order valence-corrected chi connectivity index (χ4v) is 2.14. The van der Waals surface area contributed by atoms with E-state index in [0.29, 0.717) is 16.3 Å². The van der Waals surface area contributed by atoms with Crippen LogP contribution >= 0.6 is 11.3 Å². The molecule has 0 aliphatic rings. The van der Waals surface area contributed by atoms with E-state index in [4.69, 9.17) is 0 Å². The van der Waals surface area contributed by atoms with Crippen molar-refractivity contribution in [1.29, 1.82) is 0 Å². The summed E-state index contributed by atoms with van der Waals surface area (Å²) in [5, 5.41) is 12.4. The van der Waals surface area contributed by atoms with Crippen LogP contribution in [-0.4, -0.2) is 11.0 Å². The summed E-state index contributed by atoms with van der Waals surface area (Å²) in [5.74, 6) is -1.55. The number of aromatic nitrogens is 1. The van der Waals surface area contributed by atoms with Gasteiger partial charge in [0.2, 0.25) is 0 Å². The summed E-state index contributed by atoms with van der Waals surface area (Å²) < 4.78 is 13.4. The number of aliphatic carboxylic acids is 1. The molecule has 3 nitrogen and oxygen atoms in total. The highest BCUT2D eigenvalue weighted by molar-refractivity contribution is 7.13. The van der Waals surface area contributed by atoms with Crippen molar-refractivity contribution in [2.24, 2.45) is 0 Å². The van der Waals surface area contributed by atoms with Gasteiger partial charge in [0.25, 0.3) is 0 Å². The van der Waals surface area contributed by atoms with Crippen molar-refractivity contribution in [3.05, 3.63) is 41.2 Å². The zero-order valence-electron chi connectivity index (χ0n) is 8.14. The van der Waals surface area contributed by atoms with E-state index in [-0.39, 0.29) is 12.2 Å². The average molecular weight is 236 g/mol. The van der Waals surface area contributed by atoms with Crippen molar-refractivity contribution in [3.63, 3.8) is 0 Å². The summed E-state index contributed by atoms with van der Waals surface area (Å²) in [4.78, 5) is 14.4. The zero-order valence-corrected chi connectivity index (χ0v) is 8.96. The Hall–Kier alpha value is -1.75. The Bertz CT molecular complexity index is 524. The molecule has 0 atom stereocenters. The number of hydrogen-bond acceptors (Lipinski definition) is 4. The van der Waals surface area contributed by atoms with Gasteiger partial charge in [0.05, 0.1) is 5.69 Å². The first kappa shape index (κ1) is 10.8. The summed E-state index contributed by atoms with van der Waals surface area (Å²) in [6.07, 6.45) is -0.245. The van der Waals surface area contributed by atoms with E-state index in [1.165, 1.54) is 17.4 Å². The van der Waals surface area contributed by atoms with Crippen molar-refractivity contribution in [1.82, 2.24) is 4.98 Å². The summed E-state index contributed by atoms with van der Waals surface area (Å²) in [6.45, 7) is 0. The van der Waals surface area contributed by atoms with E-state index in [2.05, 4.69) is 4.98 Å². The van der Waals surface area contributed by atoms with Gasteiger partial charge < -0.3 is 9.90 Å². The Morgan fingerprint density at radius 3 is 2.88 bits per heavy atom. The van der Waals surface area contributed by atoms with Gasteiger partial charge in [0, 0.05) is 23.3 Å². The molecule has 0 amide bonds. The van der Waals surface area contributed by atoms with Gasteiger partial charge in [0.1, 0.15) is 10.8 Å². The van der Waals surface area contributed by atoms with Crippen LogP contribution in [0.5, 0.6) is 0 Å². The first-order valence-electron chi connectivity index (χ1n) is 4.56. The molecule has 0 saturated carbocycles. The van der Waals surface area contributed by atoms with Gasteiger partial charge in [-0.15, -0.1) is 11.3 Å². The number of hydrogen-bond donors (Lipinski definition) is 0. The van der Waals surface area contributed by atoms with Crippen LogP contribution in [0.1, 0.15) is 5.69 Å². The number of nitrogens with zero attached hydrogens (tertiary/aromatic N) is 1. The third-order valence-electron chi connectivity index (χ3n) is 1.98. The van der Waals surface area contributed by atoms with Gasteiger partial charge in [-0.3, -0.25) is 0 Å². The quantitative estimate of drug-likeness (QED) is 0.805. The number of carbonyl (C=O) groups is 1. The van der Waals surface area contributed by atoms with Crippen LogP contribution in [0.25, 0.3) is 10.6 Å². The molecule has 0 aliphatic carbocycles. The molecule has 0 spiro atoms. The third kappa shape index (κ3) is 2.25. The van der Waals surface area contributed by atoms with Gasteiger partial charge >= 0.3 is 0 Å². The van der Waals surface area contributed by atoms with Gasteiger partial charge in [-0.2, -0.15) is 0 Å². The third-order valence-corrected chi connectivity index (χ3v) is 2.91. The molecule has 0 aliphatic heterocycles. The predicted octanol–water partition coefficient (Wildman–Crippen LogP) is 1.24. The Kier molecular flexibility index (Phi) is 2.96. The van der Waals surface area contributed by atoms with Crippen molar-refractivity contribution in [2.75, 3.05) is 0 Å². The topological polar surface area (TPSA) is 53.0 Å². The minimum Gasteiger partial charge on any atom is -0.550 e. The monoisotopic (exact) mass is 236 g/mol. The van der Waals surface area contributed by atoms with Crippen LogP contribution in [0.4, 0.5) is 4.39 Å². The molecule has 1 aromatic heterocycles. The lowest BCUT2D eigenvalue weighted by Gasteiger charge is -1.98. The molecule has 5 heteroatoms. The molecule has 0 N–H and O–H groups in total. The lowest BCUT2D eigenvalue weighted by molar-refractivity contribution is -0.304. The van der Waals surface area contributed by atoms with E-state index >= 15 is 0 Å². The first-order chi connectivity index (χ1) is 7.66. The standard InChI is InChI=1S/C11H8FNO2S/c12-9-4-2-1-3-8(9)11-13-7(6-16-11)5-10(14)15/h1-4,6H,5H2,(H,14,15)/p-1. The fraction of sp³-hybridized carbons (Fsp3) is 0.0909. The number of benzene rings is 1. The van der Waals surface area contributed by atoms with Crippen LogP contribution in [0, 0.1) is 5.82 Å². The molecule has 0 unspecified atom stereocenters. The Morgan fingerprint density at radius 2 is 2.19 bits per heavy atom. The van der Waals surface area contributed by atoms with Crippen molar-refractivity contribution < 1.29 is 14.3 Å². The number of halogens is 1. The molecule has 2 rings (SSSR count). The Balaban J connectivity index is 2.32. The SMILES string of the molecule is O=C([O-])Cc1csc(-c2ccccc2F)n1. The molecule has 82 valence electrons. The highest BCUT2D eigenvalue weighted by Gasteiger charge is 2.08. The molecule has 1 aromatic carbocycles. The van der Waals surface area contributed by atoms with E-state index < -0.39 is 5.97 Å². The highest BCUT2D eigenvalue weighted by Crippen LogP contribution is 2.25. The second kappa shape index (κ2) is 4.40. The molecule has 0 radical (unpaired) electrons. The molecule has 0 saturated heterocycles. The Morgan fingerprint density at radius 1 is 1.44 bits per heavy atom. The lowest BCUT2D eigenvalue weighted by atomic mass is 10.2. The van der Waals surface area contributed by atoms with Gasteiger partial charge in [-0.1, -0.05) is 12.1 Å². The molecule has 0 bridgehead atoms. The summed E-state index contributed by atoms with van der Waals surface area (Å²) >= 11 is 1.22. The maximum absolute atomic E-state index is 13.4. The zero-order chi connectivity index (χ0) is 11.5. The number of carboxylic acids is 1. The predicted molar refractivity (Wildman–Crippen MR) is 56.2 cm³/mol. The molecule has 0 fully saturated rings. The van der Waals surface area contributed by atoms with Crippen molar-refractivity contribution >= 4 is 17.3 Å². The van der Waals surface area contributed by atoms with Crippen LogP contribution in [0.15, 0.2) is 29.6 Å². The average Bonchev–Trinajstić information content (AvgIpc) is 2.66. The maximum Gasteiger partial charge on any atom is 0.133 e. The number of thiazole rings is 1. The minimum absolute atomic E-state index is 0.245. The molecule has 16 heavy (non-hydrogen) atoms. The van der Waals surface area contributed by atoms with Crippen molar-refractivity contribution in [3.8, 4) is 10.6 Å². The van der Waals surface area contributed by atoms with E-state index in [9.17, 15) is 14.3 Å². The molecular formula is C11H7FNO2S-. The Labute approximate surface area is 95.2 Å². The van der Waals surface area contributed by atoms with Gasteiger partial charge in [-0.05, 0) is 12.1 Å². The van der Waals surface area contributed by atoms with Gasteiger partial charge in [0.15, 0.2) is 0 Å². The highest BCUT2D eigenvalue weighted by atomic mass is 32.1. The minimum atomic E-state index is -1.19. The largest absolute Gasteiger partial charge is 0.550 e. The maximum atomic E-state index is 13.4. The number of carbonyl (C=O) groups excluding carboxylic acids is 1. The molecular weight excluding hydrogens is 229 g/mol. The van der Waals surface area contributed by atoms with Crippen LogP contribution < -0.4 is 5.11 Å². The summed E-state index contributed by atoms with van der Waals surface area (Å²) in [7, 11) is 0. The van der Waals surface area contributed by atoms with Crippen LogP contribution in [0.3, 0.4) is 0 Å².